The van der Waals surface area contributed by atoms with Crippen LogP contribution < -0.4 is 0 Å². The minimum absolute atomic E-state index is 0.0116. The molecule has 0 bridgehead atoms. The van der Waals surface area contributed by atoms with E-state index in [1.54, 1.807) is 0 Å². The van der Waals surface area contributed by atoms with Crippen molar-refractivity contribution in [2.75, 3.05) is 0 Å². The molecule has 1 unspecified atom stereocenters. The van der Waals surface area contributed by atoms with Crippen molar-refractivity contribution in [1.82, 2.24) is 0 Å². The molecule has 0 aliphatic heterocycles. The molecular formula is C12H18O4. The smallest absolute Gasteiger partial charge is 0.198 e. The van der Waals surface area contributed by atoms with Crippen LogP contribution in [0.15, 0.2) is 0 Å². The Labute approximate surface area is 95.4 Å². The summed E-state index contributed by atoms with van der Waals surface area (Å²) >= 11 is 0. The van der Waals surface area contributed by atoms with Gasteiger partial charge in [-0.25, -0.2) is 0 Å². The van der Waals surface area contributed by atoms with E-state index in [1.807, 2.05) is 6.92 Å². The van der Waals surface area contributed by atoms with Gasteiger partial charge in [-0.1, -0.05) is 13.3 Å². The van der Waals surface area contributed by atoms with E-state index in [9.17, 15) is 19.2 Å². The molecule has 90 valence electrons. The monoisotopic (exact) mass is 226 g/mol. The summed E-state index contributed by atoms with van der Waals surface area (Å²) in [5.74, 6) is -0.989. The first-order valence-electron chi connectivity index (χ1n) is 5.59. The average molecular weight is 226 g/mol. The molecule has 1 atom stereocenters. The first kappa shape index (κ1) is 14.7. The predicted octanol–water partition coefficient (Wildman–Crippen LogP) is 1.50. The highest BCUT2D eigenvalue weighted by Gasteiger charge is 2.18. The fourth-order valence-corrected chi connectivity index (χ4v) is 1.55. The summed E-state index contributed by atoms with van der Waals surface area (Å²) in [5, 5.41) is 0. The van der Waals surface area contributed by atoms with Crippen molar-refractivity contribution in [3.8, 4) is 0 Å². The first-order chi connectivity index (χ1) is 7.65. The number of Topliss-reactive ketones (excluding diaryl/α,β-unsaturated/α-hetero) is 2. The van der Waals surface area contributed by atoms with Crippen LogP contribution in [0.1, 0.15) is 45.4 Å². The van der Waals surface area contributed by atoms with Gasteiger partial charge < -0.3 is 9.59 Å². The highest BCUT2D eigenvalue weighted by atomic mass is 16.2. The fraction of sp³-hybridized carbons (Fsp3) is 0.667. The summed E-state index contributed by atoms with van der Waals surface area (Å²) in [4.78, 5) is 43.1. The van der Waals surface area contributed by atoms with Gasteiger partial charge in [-0.05, 0) is 12.3 Å². The highest BCUT2D eigenvalue weighted by Crippen LogP contribution is 2.15. The van der Waals surface area contributed by atoms with Crippen molar-refractivity contribution in [3.05, 3.63) is 0 Å². The summed E-state index contributed by atoms with van der Waals surface area (Å²) in [6.45, 7) is 1.97. The zero-order valence-electron chi connectivity index (χ0n) is 9.61. The van der Waals surface area contributed by atoms with Gasteiger partial charge in [0.1, 0.15) is 12.6 Å². The van der Waals surface area contributed by atoms with E-state index >= 15 is 0 Å². The predicted molar refractivity (Wildman–Crippen MR) is 59.0 cm³/mol. The van der Waals surface area contributed by atoms with Crippen LogP contribution in [-0.2, 0) is 19.2 Å². The fourth-order valence-electron chi connectivity index (χ4n) is 1.55. The molecule has 4 nitrogen and oxygen atoms in total. The zero-order chi connectivity index (χ0) is 12.4. The van der Waals surface area contributed by atoms with E-state index in [1.165, 1.54) is 0 Å². The topological polar surface area (TPSA) is 68.3 Å². The quantitative estimate of drug-likeness (QED) is 0.418. The lowest BCUT2D eigenvalue weighted by atomic mass is 9.92. The molecule has 0 aromatic rings. The van der Waals surface area contributed by atoms with E-state index in [0.717, 1.165) is 19.1 Å². The normalized spacial score (nSPS) is 11.8. The summed E-state index contributed by atoms with van der Waals surface area (Å²) in [6.07, 6.45) is 3.59. The van der Waals surface area contributed by atoms with Crippen LogP contribution in [0.25, 0.3) is 0 Å². The molecule has 0 spiro atoms. The van der Waals surface area contributed by atoms with Crippen LogP contribution in [0, 0.1) is 5.92 Å². The number of rotatable bonds is 10. The number of aldehydes is 2. The van der Waals surface area contributed by atoms with E-state index < -0.39 is 11.6 Å². The molecule has 0 radical (unpaired) electrons. The Balaban J connectivity index is 4.10. The van der Waals surface area contributed by atoms with Crippen molar-refractivity contribution in [2.45, 2.75) is 45.4 Å². The van der Waals surface area contributed by atoms with Gasteiger partial charge in [-0.15, -0.1) is 0 Å². The van der Waals surface area contributed by atoms with Crippen molar-refractivity contribution < 1.29 is 19.2 Å². The van der Waals surface area contributed by atoms with Crippen LogP contribution in [0.2, 0.25) is 0 Å². The molecule has 0 aliphatic rings. The molecule has 16 heavy (non-hydrogen) atoms. The van der Waals surface area contributed by atoms with Crippen LogP contribution in [0.3, 0.4) is 0 Å². The zero-order valence-corrected chi connectivity index (χ0v) is 9.61. The molecule has 0 fully saturated rings. The maximum absolute atomic E-state index is 11.4. The van der Waals surface area contributed by atoms with Gasteiger partial charge >= 0.3 is 0 Å². The van der Waals surface area contributed by atoms with Gasteiger partial charge in [0, 0.05) is 25.7 Å². The van der Waals surface area contributed by atoms with E-state index in [2.05, 4.69) is 0 Å². The molecular weight excluding hydrogens is 208 g/mol. The molecule has 0 N–H and O–H groups in total. The number of hydrogen-bond donors (Lipinski definition) is 0. The molecule has 0 aromatic carbocycles. The van der Waals surface area contributed by atoms with Gasteiger partial charge in [-0.2, -0.15) is 0 Å². The Hall–Kier alpha value is -1.32. The van der Waals surface area contributed by atoms with Crippen molar-refractivity contribution in [2.24, 2.45) is 5.92 Å². The van der Waals surface area contributed by atoms with E-state index in [0.29, 0.717) is 12.7 Å². The molecule has 0 rings (SSSR count). The third kappa shape index (κ3) is 6.22. The highest BCUT2D eigenvalue weighted by molar-refractivity contribution is 6.37. The lowest BCUT2D eigenvalue weighted by Crippen LogP contribution is -2.18. The minimum atomic E-state index is -0.501. The third-order valence-corrected chi connectivity index (χ3v) is 2.40. The largest absolute Gasteiger partial charge is 0.303 e. The lowest BCUT2D eigenvalue weighted by Gasteiger charge is -2.10. The molecule has 0 aromatic heterocycles. The molecule has 0 saturated carbocycles. The Morgan fingerprint density at radius 2 is 1.81 bits per heavy atom. The van der Waals surface area contributed by atoms with Gasteiger partial charge in [-0.3, -0.25) is 9.59 Å². The van der Waals surface area contributed by atoms with Gasteiger partial charge in [0.25, 0.3) is 0 Å². The molecule has 0 saturated heterocycles. The van der Waals surface area contributed by atoms with Crippen molar-refractivity contribution in [3.63, 3.8) is 0 Å². The van der Waals surface area contributed by atoms with Gasteiger partial charge in [0.2, 0.25) is 0 Å². The maximum atomic E-state index is 11.4. The van der Waals surface area contributed by atoms with E-state index in [-0.39, 0.29) is 25.2 Å². The van der Waals surface area contributed by atoms with Gasteiger partial charge in [0.05, 0.1) is 0 Å². The minimum Gasteiger partial charge on any atom is -0.303 e. The summed E-state index contributed by atoms with van der Waals surface area (Å²) in [5.41, 5.74) is 0. The standard InChI is InChI=1S/C12H18O4/c1-2-4-10(6-8-14)9-12(16)11(15)5-3-7-13/h7-8,10H,2-6,9H2,1H3. The number of carbonyl (C=O) groups excluding carboxylic acids is 4. The molecule has 0 aliphatic carbocycles. The SMILES string of the molecule is CCCC(CC=O)CC(=O)C(=O)CCC=O. The Kier molecular flexibility index (Phi) is 8.21. The molecule has 0 heterocycles. The average Bonchev–Trinajstić information content (AvgIpc) is 2.26. The Bertz CT molecular complexity index is 258. The summed E-state index contributed by atoms with van der Waals surface area (Å²) in [6, 6.07) is 0. The second-order valence-corrected chi connectivity index (χ2v) is 3.81. The number of hydrogen-bond acceptors (Lipinski definition) is 4. The Morgan fingerprint density at radius 3 is 2.31 bits per heavy atom. The second-order valence-electron chi connectivity index (χ2n) is 3.81. The maximum Gasteiger partial charge on any atom is 0.198 e. The van der Waals surface area contributed by atoms with E-state index in [4.69, 9.17) is 0 Å². The van der Waals surface area contributed by atoms with Crippen LogP contribution in [-0.4, -0.2) is 24.1 Å². The summed E-state index contributed by atoms with van der Waals surface area (Å²) in [7, 11) is 0. The number of ketones is 2. The first-order valence-corrected chi connectivity index (χ1v) is 5.59. The lowest BCUT2D eigenvalue weighted by molar-refractivity contribution is -0.137. The van der Waals surface area contributed by atoms with Crippen molar-refractivity contribution >= 4 is 24.1 Å². The van der Waals surface area contributed by atoms with Crippen LogP contribution in [0.5, 0.6) is 0 Å². The third-order valence-electron chi connectivity index (χ3n) is 2.40. The second kappa shape index (κ2) is 8.95. The summed E-state index contributed by atoms with van der Waals surface area (Å²) < 4.78 is 0. The van der Waals surface area contributed by atoms with Crippen LogP contribution in [0.4, 0.5) is 0 Å². The van der Waals surface area contributed by atoms with Crippen LogP contribution >= 0.6 is 0 Å². The Morgan fingerprint density at radius 1 is 1.12 bits per heavy atom. The van der Waals surface area contributed by atoms with Crippen molar-refractivity contribution in [1.29, 1.82) is 0 Å². The number of carbonyl (C=O) groups is 4. The van der Waals surface area contributed by atoms with Gasteiger partial charge in [0.15, 0.2) is 11.6 Å². The molecule has 0 amide bonds. The molecule has 4 heteroatoms.